The number of benzene rings is 2. The number of hydrogen-bond donors (Lipinski definition) is 3. The minimum absolute atomic E-state index is 0.284. The Morgan fingerprint density at radius 3 is 2.64 bits per heavy atom. The first-order chi connectivity index (χ1) is 13.4. The van der Waals surface area contributed by atoms with Crippen molar-refractivity contribution in [3.8, 4) is 11.5 Å². The van der Waals surface area contributed by atoms with Crippen molar-refractivity contribution >= 4 is 40.5 Å². The van der Waals surface area contributed by atoms with Crippen LogP contribution in [0, 0.1) is 0 Å². The Bertz CT molecular complexity index is 961. The van der Waals surface area contributed by atoms with Gasteiger partial charge in [0.25, 0.3) is 5.91 Å². The van der Waals surface area contributed by atoms with Gasteiger partial charge in [-0.25, -0.2) is 0 Å². The molecule has 28 heavy (non-hydrogen) atoms. The minimum Gasteiger partial charge on any atom is -0.497 e. The number of ether oxygens (including phenoxy) is 2. The molecule has 0 radical (unpaired) electrons. The molecule has 1 aliphatic heterocycles. The van der Waals surface area contributed by atoms with Crippen molar-refractivity contribution in [2.24, 2.45) is 0 Å². The van der Waals surface area contributed by atoms with Crippen molar-refractivity contribution in [1.82, 2.24) is 10.6 Å². The second-order valence-electron chi connectivity index (χ2n) is 6.15. The second kappa shape index (κ2) is 8.50. The summed E-state index contributed by atoms with van der Waals surface area (Å²) in [5.41, 5.74) is 2.54. The van der Waals surface area contributed by atoms with Crippen LogP contribution in [0.3, 0.4) is 0 Å². The monoisotopic (exact) mass is 417 g/mol. The zero-order chi connectivity index (χ0) is 20.3. The molecule has 8 heteroatoms. The predicted molar refractivity (Wildman–Crippen MR) is 114 cm³/mol. The maximum absolute atomic E-state index is 13.2. The Morgan fingerprint density at radius 2 is 1.96 bits per heavy atom. The Balaban J connectivity index is 1.96. The van der Waals surface area contributed by atoms with Crippen LogP contribution in [0.5, 0.6) is 11.5 Å². The lowest BCUT2D eigenvalue weighted by Gasteiger charge is -2.30. The Kier molecular flexibility index (Phi) is 6.06. The van der Waals surface area contributed by atoms with Crippen molar-refractivity contribution in [1.29, 1.82) is 0 Å². The van der Waals surface area contributed by atoms with Gasteiger partial charge >= 0.3 is 0 Å². The molecule has 2 aromatic rings. The lowest BCUT2D eigenvalue weighted by Crippen LogP contribution is -2.45. The molecule has 1 aliphatic rings. The largest absolute Gasteiger partial charge is 0.497 e. The first-order valence-electron chi connectivity index (χ1n) is 8.50. The molecule has 0 spiro atoms. The van der Waals surface area contributed by atoms with Gasteiger partial charge in [-0.2, -0.15) is 0 Å². The molecule has 1 heterocycles. The number of allylic oxidation sites excluding steroid dienone is 1. The van der Waals surface area contributed by atoms with E-state index in [-0.39, 0.29) is 5.91 Å². The number of methoxy groups -OCH3 is 2. The van der Waals surface area contributed by atoms with Crippen molar-refractivity contribution in [3.05, 3.63) is 64.3 Å². The molecule has 1 atom stereocenters. The molecule has 0 saturated carbocycles. The van der Waals surface area contributed by atoms with Gasteiger partial charge in [0.1, 0.15) is 11.5 Å². The van der Waals surface area contributed by atoms with E-state index in [2.05, 4.69) is 16.0 Å². The van der Waals surface area contributed by atoms with E-state index in [1.807, 2.05) is 25.1 Å². The summed E-state index contributed by atoms with van der Waals surface area (Å²) in [5.74, 6) is 0.847. The number of hydrogen-bond acceptors (Lipinski definition) is 4. The normalized spacial score (nSPS) is 16.1. The molecule has 3 rings (SSSR count). The fourth-order valence-corrected chi connectivity index (χ4v) is 3.49. The van der Waals surface area contributed by atoms with E-state index in [0.29, 0.717) is 38.6 Å². The maximum atomic E-state index is 13.2. The molecule has 0 aliphatic carbocycles. The van der Waals surface area contributed by atoms with E-state index in [1.54, 1.807) is 31.4 Å². The van der Waals surface area contributed by atoms with Crippen LogP contribution < -0.4 is 25.4 Å². The molecular weight excluding hydrogens is 398 g/mol. The Hall–Kier alpha value is -2.77. The molecule has 1 amide bonds. The third kappa shape index (κ3) is 4.21. The van der Waals surface area contributed by atoms with E-state index in [1.165, 1.54) is 7.11 Å². The number of carbonyl (C=O) groups excluding carboxylic acids is 1. The van der Waals surface area contributed by atoms with Crippen LogP contribution in [0.15, 0.2) is 53.7 Å². The topological polar surface area (TPSA) is 71.6 Å². The van der Waals surface area contributed by atoms with Crippen molar-refractivity contribution in [2.75, 3.05) is 19.5 Å². The molecule has 1 unspecified atom stereocenters. The second-order valence-corrected chi connectivity index (χ2v) is 6.99. The molecule has 2 aromatic carbocycles. The Labute approximate surface area is 173 Å². The number of carbonyl (C=O) groups is 1. The van der Waals surface area contributed by atoms with E-state index in [9.17, 15) is 4.79 Å². The van der Waals surface area contributed by atoms with E-state index in [0.717, 1.165) is 5.56 Å². The number of anilines is 1. The average Bonchev–Trinajstić information content (AvgIpc) is 2.67. The van der Waals surface area contributed by atoms with Gasteiger partial charge in [-0.1, -0.05) is 23.7 Å². The van der Waals surface area contributed by atoms with Gasteiger partial charge in [0.2, 0.25) is 0 Å². The van der Waals surface area contributed by atoms with Crippen LogP contribution in [0.2, 0.25) is 5.02 Å². The highest BCUT2D eigenvalue weighted by Crippen LogP contribution is 2.32. The van der Waals surface area contributed by atoms with Crippen molar-refractivity contribution < 1.29 is 14.3 Å². The summed E-state index contributed by atoms with van der Waals surface area (Å²) in [6.07, 6.45) is 0. The molecular formula is C20H20ClN3O3S. The Morgan fingerprint density at radius 1 is 1.18 bits per heavy atom. The zero-order valence-corrected chi connectivity index (χ0v) is 17.2. The van der Waals surface area contributed by atoms with Gasteiger partial charge in [-0.15, -0.1) is 0 Å². The van der Waals surface area contributed by atoms with Crippen molar-refractivity contribution in [2.45, 2.75) is 13.0 Å². The van der Waals surface area contributed by atoms with Gasteiger partial charge in [0.15, 0.2) is 5.11 Å². The highest BCUT2D eigenvalue weighted by atomic mass is 35.5. The molecule has 0 bridgehead atoms. The van der Waals surface area contributed by atoms with E-state index < -0.39 is 6.04 Å². The summed E-state index contributed by atoms with van der Waals surface area (Å²) in [4.78, 5) is 13.2. The summed E-state index contributed by atoms with van der Waals surface area (Å²) >= 11 is 11.4. The molecule has 146 valence electrons. The summed E-state index contributed by atoms with van der Waals surface area (Å²) in [7, 11) is 3.10. The van der Waals surface area contributed by atoms with Crippen LogP contribution in [0.1, 0.15) is 18.5 Å². The summed E-state index contributed by atoms with van der Waals surface area (Å²) in [5, 5.41) is 10.1. The molecule has 0 saturated heterocycles. The number of nitrogens with one attached hydrogen (secondary N) is 3. The first kappa shape index (κ1) is 20.0. The number of rotatable bonds is 5. The van der Waals surface area contributed by atoms with Gasteiger partial charge in [-0.05, 0) is 49.0 Å². The fourth-order valence-electron chi connectivity index (χ4n) is 3.02. The summed E-state index contributed by atoms with van der Waals surface area (Å²) < 4.78 is 10.6. The molecule has 0 aromatic heterocycles. The highest BCUT2D eigenvalue weighted by molar-refractivity contribution is 7.80. The summed E-state index contributed by atoms with van der Waals surface area (Å²) in [6.45, 7) is 1.81. The molecule has 0 fully saturated rings. The quantitative estimate of drug-likeness (QED) is 0.643. The fraction of sp³-hybridized carbons (Fsp3) is 0.200. The van der Waals surface area contributed by atoms with Gasteiger partial charge in [0, 0.05) is 16.8 Å². The number of thiocarbonyl (C=S) groups is 1. The zero-order valence-electron chi connectivity index (χ0n) is 15.6. The minimum atomic E-state index is -0.434. The number of halogens is 1. The van der Waals surface area contributed by atoms with Crippen LogP contribution in [0.25, 0.3) is 0 Å². The summed E-state index contributed by atoms with van der Waals surface area (Å²) in [6, 6.07) is 12.1. The predicted octanol–water partition coefficient (Wildman–Crippen LogP) is 3.79. The van der Waals surface area contributed by atoms with Crippen LogP contribution >= 0.6 is 23.8 Å². The van der Waals surface area contributed by atoms with Crippen LogP contribution in [0.4, 0.5) is 5.69 Å². The van der Waals surface area contributed by atoms with E-state index >= 15 is 0 Å². The smallest absolute Gasteiger partial charge is 0.255 e. The average molecular weight is 418 g/mol. The van der Waals surface area contributed by atoms with Crippen molar-refractivity contribution in [3.63, 3.8) is 0 Å². The van der Waals surface area contributed by atoms with Crippen LogP contribution in [-0.2, 0) is 4.79 Å². The lowest BCUT2D eigenvalue weighted by atomic mass is 9.95. The molecule has 3 N–H and O–H groups in total. The first-order valence-corrected chi connectivity index (χ1v) is 9.28. The third-order valence-electron chi connectivity index (χ3n) is 4.35. The third-order valence-corrected chi connectivity index (χ3v) is 4.81. The highest BCUT2D eigenvalue weighted by Gasteiger charge is 2.30. The van der Waals surface area contributed by atoms with Gasteiger partial charge < -0.3 is 25.4 Å². The van der Waals surface area contributed by atoms with Crippen LogP contribution in [-0.4, -0.2) is 25.2 Å². The molecule has 6 nitrogen and oxygen atoms in total. The SMILES string of the molecule is COc1ccc(NC(=O)C2=C(C)NC(=S)NC2c2cccc(Cl)c2)c(OC)c1. The van der Waals surface area contributed by atoms with Gasteiger partial charge in [0.05, 0.1) is 31.5 Å². The lowest BCUT2D eigenvalue weighted by molar-refractivity contribution is -0.113. The number of amides is 1. The standard InChI is InChI=1S/C20H20ClN3O3S/c1-11-17(18(24-20(28)22-11)12-5-4-6-13(21)9-12)19(25)23-15-8-7-14(26-2)10-16(15)27-3/h4-10,18H,1-3H3,(H,23,25)(H2,22,24,28). The maximum Gasteiger partial charge on any atom is 0.255 e. The van der Waals surface area contributed by atoms with E-state index in [4.69, 9.17) is 33.3 Å². The van der Waals surface area contributed by atoms with Gasteiger partial charge in [-0.3, -0.25) is 4.79 Å².